The normalized spacial score (nSPS) is 14.1. The second-order valence-electron chi connectivity index (χ2n) is 7.11. The van der Waals surface area contributed by atoms with E-state index >= 15 is 0 Å². The van der Waals surface area contributed by atoms with E-state index in [9.17, 15) is 4.79 Å². The number of ether oxygens (including phenoxy) is 1. The molecule has 0 atom stereocenters. The van der Waals surface area contributed by atoms with Gasteiger partial charge in [0, 0.05) is 30.7 Å². The molecule has 2 aromatic heterocycles. The zero-order valence-corrected chi connectivity index (χ0v) is 16.4. The Balaban J connectivity index is 1.28. The van der Waals surface area contributed by atoms with Crippen LogP contribution in [0.4, 0.5) is 11.5 Å². The predicted molar refractivity (Wildman–Crippen MR) is 116 cm³/mol. The van der Waals surface area contributed by atoms with Gasteiger partial charge in [-0.15, -0.1) is 0 Å². The molecule has 0 saturated carbocycles. The average molecular weight is 399 g/mol. The third-order valence-electron chi connectivity index (χ3n) is 5.20. The van der Waals surface area contributed by atoms with E-state index in [-0.39, 0.29) is 5.91 Å². The maximum Gasteiger partial charge on any atom is 0.257 e. The molecular formula is C23H21N5O2. The fourth-order valence-corrected chi connectivity index (χ4v) is 3.57. The minimum absolute atomic E-state index is 0.183. The number of pyridine rings is 1. The number of hydrogen-bond acceptors (Lipinski definition) is 5. The molecule has 1 fully saturated rings. The van der Waals surface area contributed by atoms with Crippen molar-refractivity contribution in [2.45, 2.75) is 0 Å². The second-order valence-corrected chi connectivity index (χ2v) is 7.11. The van der Waals surface area contributed by atoms with Crippen LogP contribution >= 0.6 is 0 Å². The summed E-state index contributed by atoms with van der Waals surface area (Å²) in [5, 5.41) is 2.93. The first-order valence-corrected chi connectivity index (χ1v) is 9.90. The number of benzene rings is 2. The van der Waals surface area contributed by atoms with Crippen LogP contribution in [0.2, 0.25) is 0 Å². The number of rotatable bonds is 4. The first-order valence-electron chi connectivity index (χ1n) is 9.90. The monoisotopic (exact) mass is 399 g/mol. The smallest absolute Gasteiger partial charge is 0.257 e. The molecule has 7 heteroatoms. The van der Waals surface area contributed by atoms with Crippen molar-refractivity contribution >= 4 is 28.4 Å². The van der Waals surface area contributed by atoms with Crippen LogP contribution in [0.25, 0.3) is 16.7 Å². The molecule has 0 aliphatic carbocycles. The summed E-state index contributed by atoms with van der Waals surface area (Å²) in [4.78, 5) is 23.6. The van der Waals surface area contributed by atoms with Gasteiger partial charge >= 0.3 is 0 Å². The zero-order valence-electron chi connectivity index (χ0n) is 16.4. The topological polar surface area (TPSA) is 72.3 Å². The highest BCUT2D eigenvalue weighted by Crippen LogP contribution is 2.20. The molecule has 1 aliphatic rings. The molecular weight excluding hydrogens is 378 g/mol. The molecule has 1 saturated heterocycles. The maximum absolute atomic E-state index is 12.6. The van der Waals surface area contributed by atoms with Crippen LogP contribution in [0.3, 0.4) is 0 Å². The molecule has 4 aromatic rings. The number of morpholine rings is 1. The lowest BCUT2D eigenvalue weighted by atomic mass is 10.2. The number of hydrogen-bond donors (Lipinski definition) is 1. The van der Waals surface area contributed by atoms with E-state index in [0.717, 1.165) is 41.3 Å². The molecule has 1 aliphatic heterocycles. The quantitative estimate of drug-likeness (QED) is 0.569. The number of nitrogens with one attached hydrogen (secondary N) is 1. The van der Waals surface area contributed by atoms with E-state index in [1.807, 2.05) is 59.2 Å². The van der Waals surface area contributed by atoms with Crippen molar-refractivity contribution in [3.05, 3.63) is 78.8 Å². The third kappa shape index (κ3) is 3.62. The largest absolute Gasteiger partial charge is 0.378 e. The summed E-state index contributed by atoms with van der Waals surface area (Å²) in [6.07, 6.45) is 3.42. The van der Waals surface area contributed by atoms with Crippen molar-refractivity contribution in [1.82, 2.24) is 14.5 Å². The van der Waals surface area contributed by atoms with Crippen LogP contribution in [0.1, 0.15) is 10.4 Å². The summed E-state index contributed by atoms with van der Waals surface area (Å²) in [6.45, 7) is 3.04. The molecule has 1 amide bonds. The molecule has 1 N–H and O–H groups in total. The fraction of sp³-hybridized carbons (Fsp3) is 0.174. The van der Waals surface area contributed by atoms with E-state index in [2.05, 4.69) is 20.2 Å². The Hall–Kier alpha value is -3.71. The highest BCUT2D eigenvalue weighted by Gasteiger charge is 2.13. The van der Waals surface area contributed by atoms with Gasteiger partial charge in [-0.2, -0.15) is 0 Å². The summed E-state index contributed by atoms with van der Waals surface area (Å²) in [5.74, 6) is 0.684. The molecule has 7 nitrogen and oxygen atoms in total. The SMILES string of the molecule is O=C(Nc1ccc(-n2cnc3ccccc32)cc1)c1ccc(N2CCOCC2)nc1. The Morgan fingerprint density at radius 3 is 2.50 bits per heavy atom. The molecule has 5 rings (SSSR count). The van der Waals surface area contributed by atoms with Gasteiger partial charge in [-0.05, 0) is 48.5 Å². The van der Waals surface area contributed by atoms with Crippen molar-refractivity contribution < 1.29 is 9.53 Å². The first kappa shape index (κ1) is 18.3. The third-order valence-corrected chi connectivity index (χ3v) is 5.20. The van der Waals surface area contributed by atoms with Gasteiger partial charge in [0.15, 0.2) is 0 Å². The highest BCUT2D eigenvalue weighted by atomic mass is 16.5. The molecule has 0 spiro atoms. The lowest BCUT2D eigenvalue weighted by Crippen LogP contribution is -2.36. The van der Waals surface area contributed by atoms with Gasteiger partial charge in [-0.1, -0.05) is 12.1 Å². The van der Waals surface area contributed by atoms with Crippen molar-refractivity contribution in [3.63, 3.8) is 0 Å². The number of imidazole rings is 1. The van der Waals surface area contributed by atoms with Crippen LogP contribution in [0.15, 0.2) is 73.2 Å². The van der Waals surface area contributed by atoms with Crippen molar-refractivity contribution in [2.75, 3.05) is 36.5 Å². The van der Waals surface area contributed by atoms with E-state index < -0.39 is 0 Å². The molecule has 0 bridgehead atoms. The zero-order chi connectivity index (χ0) is 20.3. The maximum atomic E-state index is 12.6. The summed E-state index contributed by atoms with van der Waals surface area (Å²) in [5.41, 5.74) is 4.23. The Morgan fingerprint density at radius 2 is 1.73 bits per heavy atom. The Bertz CT molecular complexity index is 1160. The van der Waals surface area contributed by atoms with Gasteiger partial charge in [0.2, 0.25) is 0 Å². The van der Waals surface area contributed by atoms with Crippen LogP contribution in [0.5, 0.6) is 0 Å². The standard InChI is InChI=1S/C23H21N5O2/c29-23(17-5-10-22(24-15-17)27-11-13-30-14-12-27)26-18-6-8-19(9-7-18)28-16-25-20-3-1-2-4-21(20)28/h1-10,15-16H,11-14H2,(H,26,29). The van der Waals surface area contributed by atoms with Gasteiger partial charge in [0.25, 0.3) is 5.91 Å². The number of carbonyl (C=O) groups excluding carboxylic acids is 1. The minimum Gasteiger partial charge on any atom is -0.378 e. The van der Waals surface area contributed by atoms with Gasteiger partial charge in [0.1, 0.15) is 12.1 Å². The molecule has 30 heavy (non-hydrogen) atoms. The summed E-state index contributed by atoms with van der Waals surface area (Å²) < 4.78 is 7.39. The van der Waals surface area contributed by atoms with Gasteiger partial charge in [-0.3, -0.25) is 9.36 Å². The average Bonchev–Trinajstić information content (AvgIpc) is 3.24. The van der Waals surface area contributed by atoms with E-state index in [1.54, 1.807) is 18.6 Å². The fourth-order valence-electron chi connectivity index (χ4n) is 3.57. The first-order chi connectivity index (χ1) is 14.8. The number of fused-ring (bicyclic) bond motifs is 1. The van der Waals surface area contributed by atoms with Gasteiger partial charge in [0.05, 0.1) is 29.8 Å². The van der Waals surface area contributed by atoms with E-state index in [1.165, 1.54) is 0 Å². The predicted octanol–water partition coefficient (Wildman–Crippen LogP) is 3.51. The molecule has 0 unspecified atom stereocenters. The van der Waals surface area contributed by atoms with Crippen molar-refractivity contribution in [1.29, 1.82) is 0 Å². The van der Waals surface area contributed by atoms with E-state index in [4.69, 9.17) is 4.74 Å². The Labute approximate surface area is 173 Å². The number of nitrogens with zero attached hydrogens (tertiary/aromatic N) is 4. The number of anilines is 2. The second kappa shape index (κ2) is 7.96. The summed E-state index contributed by atoms with van der Waals surface area (Å²) in [7, 11) is 0. The lowest BCUT2D eigenvalue weighted by Gasteiger charge is -2.27. The number of carbonyl (C=O) groups is 1. The Kier molecular flexibility index (Phi) is 4.86. The summed E-state index contributed by atoms with van der Waals surface area (Å²) >= 11 is 0. The Morgan fingerprint density at radius 1 is 0.933 bits per heavy atom. The van der Waals surface area contributed by atoms with Crippen LogP contribution < -0.4 is 10.2 Å². The van der Waals surface area contributed by atoms with Crippen LogP contribution in [-0.2, 0) is 4.74 Å². The minimum atomic E-state index is -0.183. The van der Waals surface area contributed by atoms with Crippen LogP contribution in [-0.4, -0.2) is 46.7 Å². The molecule has 150 valence electrons. The number of aromatic nitrogens is 3. The molecule has 2 aromatic carbocycles. The summed E-state index contributed by atoms with van der Waals surface area (Å²) in [6, 6.07) is 19.4. The highest BCUT2D eigenvalue weighted by molar-refractivity contribution is 6.04. The van der Waals surface area contributed by atoms with Crippen molar-refractivity contribution in [3.8, 4) is 5.69 Å². The van der Waals surface area contributed by atoms with Crippen molar-refractivity contribution in [2.24, 2.45) is 0 Å². The molecule has 3 heterocycles. The number of para-hydroxylation sites is 2. The molecule has 0 radical (unpaired) electrons. The van der Waals surface area contributed by atoms with E-state index in [0.29, 0.717) is 18.8 Å². The van der Waals surface area contributed by atoms with Gasteiger partial charge in [-0.25, -0.2) is 9.97 Å². The number of amides is 1. The lowest BCUT2D eigenvalue weighted by molar-refractivity contribution is 0.102. The van der Waals surface area contributed by atoms with Gasteiger partial charge < -0.3 is 15.0 Å². The van der Waals surface area contributed by atoms with Crippen LogP contribution in [0, 0.1) is 0 Å².